The Morgan fingerprint density at radius 2 is 2.11 bits per heavy atom. The molecule has 4 heteroatoms. The summed E-state index contributed by atoms with van der Waals surface area (Å²) >= 11 is 1.80. The SMILES string of the molecule is Nc1ccc2nc(N3CCC4CCCCC43)sc2c1. The molecule has 1 aromatic heterocycles. The summed E-state index contributed by atoms with van der Waals surface area (Å²) in [5.74, 6) is 0.908. The van der Waals surface area contributed by atoms with Crippen LogP contribution >= 0.6 is 11.3 Å². The van der Waals surface area contributed by atoms with Crippen LogP contribution in [0.15, 0.2) is 18.2 Å². The van der Waals surface area contributed by atoms with E-state index in [2.05, 4.69) is 4.90 Å². The van der Waals surface area contributed by atoms with E-state index in [1.807, 2.05) is 18.2 Å². The number of nitrogens with two attached hydrogens (primary N) is 1. The van der Waals surface area contributed by atoms with Crippen molar-refractivity contribution in [3.05, 3.63) is 18.2 Å². The molecule has 3 nitrogen and oxygen atoms in total. The number of thiazole rings is 1. The number of nitrogen functional groups attached to an aromatic ring is 1. The highest BCUT2D eigenvalue weighted by atomic mass is 32.1. The average molecular weight is 273 g/mol. The van der Waals surface area contributed by atoms with Gasteiger partial charge in [0.25, 0.3) is 0 Å². The molecule has 100 valence electrons. The van der Waals surface area contributed by atoms with Crippen molar-refractivity contribution in [1.29, 1.82) is 0 Å². The first-order valence-corrected chi connectivity index (χ1v) is 8.05. The van der Waals surface area contributed by atoms with Crippen molar-refractivity contribution in [2.45, 2.75) is 38.1 Å². The molecule has 4 rings (SSSR count). The highest BCUT2D eigenvalue weighted by Crippen LogP contribution is 2.41. The molecule has 2 aromatic rings. The van der Waals surface area contributed by atoms with Gasteiger partial charge in [-0.25, -0.2) is 4.98 Å². The van der Waals surface area contributed by atoms with Gasteiger partial charge in [0.15, 0.2) is 5.13 Å². The van der Waals surface area contributed by atoms with Crippen molar-refractivity contribution in [3.8, 4) is 0 Å². The van der Waals surface area contributed by atoms with E-state index in [0.717, 1.165) is 23.2 Å². The Morgan fingerprint density at radius 3 is 3.05 bits per heavy atom. The second-order valence-electron chi connectivity index (χ2n) is 5.82. The third kappa shape index (κ3) is 1.89. The van der Waals surface area contributed by atoms with Gasteiger partial charge in [0.2, 0.25) is 0 Å². The molecule has 1 saturated heterocycles. The summed E-state index contributed by atoms with van der Waals surface area (Å²) in [6, 6.07) is 6.77. The van der Waals surface area contributed by atoms with Gasteiger partial charge in [-0.15, -0.1) is 0 Å². The number of nitrogens with zero attached hydrogens (tertiary/aromatic N) is 2. The number of anilines is 2. The van der Waals surface area contributed by atoms with Gasteiger partial charge >= 0.3 is 0 Å². The lowest BCUT2D eigenvalue weighted by Gasteiger charge is -2.31. The smallest absolute Gasteiger partial charge is 0.186 e. The van der Waals surface area contributed by atoms with Crippen LogP contribution in [-0.4, -0.2) is 17.6 Å². The molecule has 2 unspecified atom stereocenters. The summed E-state index contributed by atoms with van der Waals surface area (Å²) in [5.41, 5.74) is 7.78. The van der Waals surface area contributed by atoms with Crippen LogP contribution in [0, 0.1) is 5.92 Å². The molecule has 1 aliphatic heterocycles. The van der Waals surface area contributed by atoms with Crippen molar-refractivity contribution >= 4 is 32.4 Å². The second-order valence-corrected chi connectivity index (χ2v) is 6.83. The van der Waals surface area contributed by atoms with Gasteiger partial charge in [-0.1, -0.05) is 24.2 Å². The second kappa shape index (κ2) is 4.37. The first-order valence-electron chi connectivity index (χ1n) is 7.24. The molecule has 2 atom stereocenters. The van der Waals surface area contributed by atoms with Crippen LogP contribution < -0.4 is 10.6 Å². The monoisotopic (exact) mass is 273 g/mol. The molecule has 0 radical (unpaired) electrons. The molecule has 2 fully saturated rings. The molecule has 1 saturated carbocycles. The fourth-order valence-corrected chi connectivity index (χ4v) is 4.79. The van der Waals surface area contributed by atoms with Crippen LogP contribution in [-0.2, 0) is 0 Å². The molecular weight excluding hydrogens is 254 g/mol. The molecule has 0 spiro atoms. The van der Waals surface area contributed by atoms with Gasteiger partial charge in [0, 0.05) is 18.3 Å². The van der Waals surface area contributed by atoms with Gasteiger partial charge in [-0.05, 0) is 43.4 Å². The van der Waals surface area contributed by atoms with E-state index in [9.17, 15) is 0 Å². The normalized spacial score (nSPS) is 26.8. The highest BCUT2D eigenvalue weighted by Gasteiger charge is 2.36. The van der Waals surface area contributed by atoms with Crippen LogP contribution in [0.3, 0.4) is 0 Å². The summed E-state index contributed by atoms with van der Waals surface area (Å²) in [7, 11) is 0. The molecule has 1 aromatic carbocycles. The Hall–Kier alpha value is -1.29. The van der Waals surface area contributed by atoms with E-state index in [-0.39, 0.29) is 0 Å². The van der Waals surface area contributed by atoms with Crippen LogP contribution in [0.4, 0.5) is 10.8 Å². The minimum absolute atomic E-state index is 0.742. The lowest BCUT2D eigenvalue weighted by Crippen LogP contribution is -2.34. The summed E-state index contributed by atoms with van der Waals surface area (Å²) in [4.78, 5) is 7.38. The standard InChI is InChI=1S/C15H19N3S/c16-11-5-6-12-14(9-11)19-15(17-12)18-8-7-10-3-1-2-4-13(10)18/h5-6,9-10,13H,1-4,7-8,16H2. The van der Waals surface area contributed by atoms with Crippen LogP contribution in [0.5, 0.6) is 0 Å². The Morgan fingerprint density at radius 1 is 1.21 bits per heavy atom. The topological polar surface area (TPSA) is 42.1 Å². The van der Waals surface area contributed by atoms with E-state index in [1.165, 1.54) is 48.5 Å². The first-order chi connectivity index (χ1) is 9.31. The van der Waals surface area contributed by atoms with Crippen molar-refractivity contribution in [1.82, 2.24) is 4.98 Å². The van der Waals surface area contributed by atoms with Crippen molar-refractivity contribution < 1.29 is 0 Å². The summed E-state index contributed by atoms with van der Waals surface area (Å²) in [5, 5.41) is 1.20. The van der Waals surface area contributed by atoms with Crippen LogP contribution in [0.2, 0.25) is 0 Å². The van der Waals surface area contributed by atoms with Gasteiger partial charge in [0.05, 0.1) is 10.2 Å². The fourth-order valence-electron chi connectivity index (χ4n) is 3.70. The number of hydrogen-bond acceptors (Lipinski definition) is 4. The van der Waals surface area contributed by atoms with Crippen LogP contribution in [0.1, 0.15) is 32.1 Å². The molecule has 19 heavy (non-hydrogen) atoms. The van der Waals surface area contributed by atoms with Crippen molar-refractivity contribution in [2.75, 3.05) is 17.2 Å². The van der Waals surface area contributed by atoms with Crippen molar-refractivity contribution in [3.63, 3.8) is 0 Å². The predicted molar refractivity (Wildman–Crippen MR) is 81.7 cm³/mol. The van der Waals surface area contributed by atoms with E-state index in [0.29, 0.717) is 0 Å². The van der Waals surface area contributed by atoms with E-state index in [4.69, 9.17) is 10.7 Å². The average Bonchev–Trinajstić information content (AvgIpc) is 3.00. The van der Waals surface area contributed by atoms with Crippen LogP contribution in [0.25, 0.3) is 10.2 Å². The maximum absolute atomic E-state index is 5.86. The number of aromatic nitrogens is 1. The van der Waals surface area contributed by atoms with E-state index >= 15 is 0 Å². The largest absolute Gasteiger partial charge is 0.399 e. The quantitative estimate of drug-likeness (QED) is 0.806. The van der Waals surface area contributed by atoms with Gasteiger partial charge in [-0.3, -0.25) is 0 Å². The number of fused-ring (bicyclic) bond motifs is 2. The Kier molecular flexibility index (Phi) is 2.65. The molecule has 0 bridgehead atoms. The first kappa shape index (κ1) is 11.5. The minimum Gasteiger partial charge on any atom is -0.399 e. The Bertz CT molecular complexity index is 606. The summed E-state index contributed by atoms with van der Waals surface area (Å²) < 4.78 is 1.22. The minimum atomic E-state index is 0.742. The zero-order chi connectivity index (χ0) is 12.8. The molecule has 2 aliphatic rings. The Balaban J connectivity index is 1.70. The lowest BCUT2D eigenvalue weighted by molar-refractivity contribution is 0.342. The van der Waals surface area contributed by atoms with E-state index < -0.39 is 0 Å². The number of rotatable bonds is 1. The lowest BCUT2D eigenvalue weighted by atomic mass is 9.85. The maximum Gasteiger partial charge on any atom is 0.186 e. The fraction of sp³-hybridized carbons (Fsp3) is 0.533. The third-order valence-electron chi connectivity index (χ3n) is 4.66. The molecule has 0 amide bonds. The van der Waals surface area contributed by atoms with Gasteiger partial charge in [-0.2, -0.15) is 0 Å². The van der Waals surface area contributed by atoms with E-state index in [1.54, 1.807) is 11.3 Å². The molecule has 2 N–H and O–H groups in total. The zero-order valence-corrected chi connectivity index (χ0v) is 11.8. The number of benzene rings is 1. The third-order valence-corrected chi connectivity index (χ3v) is 5.71. The molecule has 2 heterocycles. The Labute approximate surface area is 117 Å². The molecular formula is C15H19N3S. The summed E-state index contributed by atoms with van der Waals surface area (Å²) in [6.45, 7) is 1.19. The number of hydrogen-bond donors (Lipinski definition) is 1. The van der Waals surface area contributed by atoms with Gasteiger partial charge < -0.3 is 10.6 Å². The predicted octanol–water partition coefficient (Wildman–Crippen LogP) is 3.65. The molecule has 1 aliphatic carbocycles. The summed E-state index contributed by atoms with van der Waals surface area (Å²) in [6.07, 6.45) is 6.92. The maximum atomic E-state index is 5.86. The zero-order valence-electron chi connectivity index (χ0n) is 11.0. The van der Waals surface area contributed by atoms with Gasteiger partial charge in [0.1, 0.15) is 0 Å². The van der Waals surface area contributed by atoms with Crippen molar-refractivity contribution in [2.24, 2.45) is 5.92 Å². The highest BCUT2D eigenvalue weighted by molar-refractivity contribution is 7.22.